The predicted octanol–water partition coefficient (Wildman–Crippen LogP) is 4.38. The Hall–Kier alpha value is -2.95. The van der Waals surface area contributed by atoms with Gasteiger partial charge in [0.2, 0.25) is 0 Å². The van der Waals surface area contributed by atoms with E-state index in [1.165, 1.54) is 5.56 Å². The van der Waals surface area contributed by atoms with Gasteiger partial charge in [0.05, 0.1) is 16.6 Å². The molecule has 0 aliphatic heterocycles. The summed E-state index contributed by atoms with van der Waals surface area (Å²) in [4.78, 5) is 29.0. The van der Waals surface area contributed by atoms with Gasteiger partial charge in [-0.25, -0.2) is 9.78 Å². The van der Waals surface area contributed by atoms with Gasteiger partial charge < -0.3 is 9.30 Å². The number of hydrogen-bond donors (Lipinski definition) is 0. The zero-order valence-corrected chi connectivity index (χ0v) is 17.1. The van der Waals surface area contributed by atoms with Crippen molar-refractivity contribution < 1.29 is 9.53 Å². The maximum atomic E-state index is 12.5. The van der Waals surface area contributed by atoms with E-state index in [2.05, 4.69) is 37.9 Å². The number of rotatable bonds is 4. The van der Waals surface area contributed by atoms with Crippen LogP contribution in [-0.2, 0) is 23.3 Å². The quantitative estimate of drug-likeness (QED) is 0.632. The molecule has 0 N–H and O–H groups in total. The van der Waals surface area contributed by atoms with Crippen LogP contribution in [0.15, 0.2) is 47.3 Å². The van der Waals surface area contributed by atoms with Gasteiger partial charge in [-0.15, -0.1) is 0 Å². The lowest BCUT2D eigenvalue weighted by atomic mass is 9.87. The van der Waals surface area contributed by atoms with E-state index in [4.69, 9.17) is 4.74 Å². The molecule has 5 nitrogen and oxygen atoms in total. The summed E-state index contributed by atoms with van der Waals surface area (Å²) < 4.78 is 7.12. The molecule has 2 aromatic carbocycles. The van der Waals surface area contributed by atoms with Gasteiger partial charge in [0.1, 0.15) is 12.3 Å². The molecule has 0 unspecified atom stereocenters. The van der Waals surface area contributed by atoms with Gasteiger partial charge in [0.15, 0.2) is 0 Å². The molecule has 3 rings (SSSR count). The third kappa shape index (κ3) is 3.98. The van der Waals surface area contributed by atoms with Crippen LogP contribution in [-0.4, -0.2) is 15.5 Å². The maximum absolute atomic E-state index is 12.5. The van der Waals surface area contributed by atoms with Crippen LogP contribution in [0, 0.1) is 6.92 Å². The molecular weight excluding hydrogens is 352 g/mol. The van der Waals surface area contributed by atoms with Crippen LogP contribution < -0.4 is 5.56 Å². The molecule has 1 heterocycles. The number of ether oxygens (including phenoxy) is 1. The monoisotopic (exact) mass is 378 g/mol. The molecule has 0 spiro atoms. The van der Waals surface area contributed by atoms with Crippen LogP contribution in [0.25, 0.3) is 11.0 Å². The Labute approximate surface area is 165 Å². The highest BCUT2D eigenvalue weighted by atomic mass is 16.5. The van der Waals surface area contributed by atoms with Gasteiger partial charge in [0.25, 0.3) is 5.56 Å². The van der Waals surface area contributed by atoms with E-state index in [1.54, 1.807) is 29.7 Å². The van der Waals surface area contributed by atoms with Crippen LogP contribution in [0.1, 0.15) is 54.9 Å². The smallest absolute Gasteiger partial charge is 0.338 e. The minimum atomic E-state index is -0.407. The van der Waals surface area contributed by atoms with Crippen molar-refractivity contribution in [3.05, 3.63) is 75.2 Å². The fourth-order valence-electron chi connectivity index (χ4n) is 3.15. The molecule has 3 aromatic rings. The molecule has 0 bridgehead atoms. The number of nitrogens with zero attached hydrogens (tertiary/aromatic N) is 2. The number of aryl methyl sites for hydroxylation is 2. The van der Waals surface area contributed by atoms with Crippen molar-refractivity contribution >= 4 is 17.0 Å². The van der Waals surface area contributed by atoms with Crippen LogP contribution >= 0.6 is 0 Å². The summed E-state index contributed by atoms with van der Waals surface area (Å²) in [5.74, 6) is -0.407. The summed E-state index contributed by atoms with van der Waals surface area (Å²) in [6.07, 6.45) is 0. The first-order valence-corrected chi connectivity index (χ1v) is 9.48. The lowest BCUT2D eigenvalue weighted by Gasteiger charge is -2.19. The second-order valence-electron chi connectivity index (χ2n) is 7.97. The van der Waals surface area contributed by atoms with E-state index in [9.17, 15) is 9.59 Å². The Balaban J connectivity index is 1.78. The van der Waals surface area contributed by atoms with Gasteiger partial charge in [-0.05, 0) is 48.6 Å². The number of fused-ring (bicyclic) bond motifs is 1. The lowest BCUT2D eigenvalue weighted by Crippen LogP contribution is -2.23. The molecule has 1 aromatic heterocycles. The molecule has 28 heavy (non-hydrogen) atoms. The highest BCUT2D eigenvalue weighted by Crippen LogP contribution is 2.22. The Kier molecular flexibility index (Phi) is 5.36. The third-order valence-electron chi connectivity index (χ3n) is 4.85. The first-order chi connectivity index (χ1) is 13.2. The van der Waals surface area contributed by atoms with E-state index < -0.39 is 5.97 Å². The van der Waals surface area contributed by atoms with Crippen molar-refractivity contribution in [3.63, 3.8) is 0 Å². The number of carbonyl (C=O) groups is 1. The highest BCUT2D eigenvalue weighted by Gasteiger charge is 2.14. The molecule has 0 aliphatic carbocycles. The van der Waals surface area contributed by atoms with Gasteiger partial charge >= 0.3 is 5.97 Å². The molecule has 146 valence electrons. The minimum Gasteiger partial charge on any atom is -0.457 e. The number of esters is 1. The fourth-order valence-corrected chi connectivity index (χ4v) is 3.15. The summed E-state index contributed by atoms with van der Waals surface area (Å²) >= 11 is 0. The first-order valence-electron chi connectivity index (χ1n) is 9.48. The van der Waals surface area contributed by atoms with E-state index in [-0.39, 0.29) is 17.6 Å². The number of aromatic nitrogens is 2. The summed E-state index contributed by atoms with van der Waals surface area (Å²) in [6.45, 7) is 10.8. The molecular formula is C23H26N2O3. The highest BCUT2D eigenvalue weighted by molar-refractivity contribution is 5.93. The van der Waals surface area contributed by atoms with Crippen molar-refractivity contribution in [1.82, 2.24) is 9.55 Å². The molecule has 0 saturated heterocycles. The van der Waals surface area contributed by atoms with Crippen LogP contribution in [0.4, 0.5) is 0 Å². The normalized spacial score (nSPS) is 11.6. The van der Waals surface area contributed by atoms with Crippen molar-refractivity contribution in [2.24, 2.45) is 0 Å². The standard InChI is InChI=1S/C23H26N2O3/c1-6-25-20-12-9-17(13-19(20)24-15(2)21(25)26)22(27)28-14-16-7-10-18(11-8-16)23(3,4)5/h7-13H,6,14H2,1-5H3. The van der Waals surface area contributed by atoms with Crippen LogP contribution in [0.2, 0.25) is 0 Å². The Bertz CT molecular complexity index is 1070. The largest absolute Gasteiger partial charge is 0.457 e. The topological polar surface area (TPSA) is 61.2 Å². The van der Waals surface area contributed by atoms with E-state index in [0.717, 1.165) is 5.56 Å². The maximum Gasteiger partial charge on any atom is 0.338 e. The summed E-state index contributed by atoms with van der Waals surface area (Å²) in [5, 5.41) is 0. The summed E-state index contributed by atoms with van der Waals surface area (Å²) in [7, 11) is 0. The Morgan fingerprint density at radius 3 is 2.39 bits per heavy atom. The van der Waals surface area contributed by atoms with Crippen LogP contribution in [0.5, 0.6) is 0 Å². The third-order valence-corrected chi connectivity index (χ3v) is 4.85. The van der Waals surface area contributed by atoms with Crippen molar-refractivity contribution in [1.29, 1.82) is 0 Å². The van der Waals surface area contributed by atoms with Gasteiger partial charge in [-0.3, -0.25) is 4.79 Å². The first kappa shape index (κ1) is 19.8. The van der Waals surface area contributed by atoms with Crippen molar-refractivity contribution in [2.45, 2.75) is 53.2 Å². The van der Waals surface area contributed by atoms with Crippen LogP contribution in [0.3, 0.4) is 0 Å². The average molecular weight is 378 g/mol. The molecule has 5 heteroatoms. The number of carbonyl (C=O) groups excluding carboxylic acids is 1. The van der Waals surface area contributed by atoms with Gasteiger partial charge in [-0.2, -0.15) is 0 Å². The van der Waals surface area contributed by atoms with E-state index >= 15 is 0 Å². The fraction of sp³-hybridized carbons (Fsp3) is 0.348. The summed E-state index contributed by atoms with van der Waals surface area (Å²) in [6, 6.07) is 13.2. The molecule has 0 atom stereocenters. The predicted molar refractivity (Wildman–Crippen MR) is 111 cm³/mol. The molecule has 0 fully saturated rings. The van der Waals surface area contributed by atoms with Gasteiger partial charge in [-0.1, -0.05) is 45.0 Å². The molecule has 0 amide bonds. The lowest BCUT2D eigenvalue weighted by molar-refractivity contribution is 0.0473. The molecule has 0 saturated carbocycles. The van der Waals surface area contributed by atoms with E-state index in [0.29, 0.717) is 28.8 Å². The van der Waals surface area contributed by atoms with E-state index in [1.807, 2.05) is 19.1 Å². The molecule has 0 aliphatic rings. The SMILES string of the molecule is CCn1c(=O)c(C)nc2cc(C(=O)OCc3ccc(C(C)(C)C)cc3)ccc21. The zero-order chi connectivity index (χ0) is 20.5. The average Bonchev–Trinajstić information content (AvgIpc) is 2.66. The Morgan fingerprint density at radius 1 is 1.11 bits per heavy atom. The summed E-state index contributed by atoms with van der Waals surface area (Å²) in [5.41, 5.74) is 4.33. The molecule has 0 radical (unpaired) electrons. The Morgan fingerprint density at radius 2 is 1.79 bits per heavy atom. The van der Waals surface area contributed by atoms with Crippen molar-refractivity contribution in [3.8, 4) is 0 Å². The number of hydrogen-bond acceptors (Lipinski definition) is 4. The second kappa shape index (κ2) is 7.58. The second-order valence-corrected chi connectivity index (χ2v) is 7.97. The minimum absolute atomic E-state index is 0.0880. The van der Waals surface area contributed by atoms with Crippen molar-refractivity contribution in [2.75, 3.05) is 0 Å². The zero-order valence-electron chi connectivity index (χ0n) is 17.1. The number of benzene rings is 2. The van der Waals surface area contributed by atoms with Gasteiger partial charge in [0, 0.05) is 6.54 Å².